The summed E-state index contributed by atoms with van der Waals surface area (Å²) in [5.41, 5.74) is 4.21. The molecule has 4 rings (SSSR count). The smallest absolute Gasteiger partial charge is 0.162 e. The molecule has 5 heteroatoms. The molecule has 0 saturated carbocycles. The van der Waals surface area contributed by atoms with Crippen molar-refractivity contribution in [3.63, 3.8) is 0 Å². The third-order valence-electron chi connectivity index (χ3n) is 5.55. The minimum atomic E-state index is -0.305. The molecule has 0 spiro atoms. The first-order valence-electron chi connectivity index (χ1n) is 8.95. The number of hydrogen-bond donors (Lipinski definition) is 2. The summed E-state index contributed by atoms with van der Waals surface area (Å²) in [6.45, 7) is 8.51. The Morgan fingerprint density at radius 3 is 1.88 bits per heavy atom. The molecule has 0 bridgehead atoms. The molecule has 3 aliphatic rings. The topological polar surface area (TPSA) is 74.8 Å². The van der Waals surface area contributed by atoms with Crippen molar-refractivity contribution in [2.45, 2.75) is 59.3 Å². The number of imidazole rings is 1. The van der Waals surface area contributed by atoms with Crippen LogP contribution in [0, 0.1) is 10.8 Å². The van der Waals surface area contributed by atoms with Crippen LogP contribution in [-0.4, -0.2) is 21.5 Å². The van der Waals surface area contributed by atoms with Gasteiger partial charge in [0, 0.05) is 47.3 Å². The number of dihydropyridines is 1. The lowest BCUT2D eigenvalue weighted by Gasteiger charge is -2.43. The molecule has 2 heterocycles. The van der Waals surface area contributed by atoms with Crippen molar-refractivity contribution in [3.8, 4) is 0 Å². The molecule has 5 nitrogen and oxygen atoms in total. The van der Waals surface area contributed by atoms with Crippen LogP contribution < -0.4 is 5.32 Å². The normalized spacial score (nSPS) is 25.6. The van der Waals surface area contributed by atoms with E-state index in [4.69, 9.17) is 0 Å². The summed E-state index contributed by atoms with van der Waals surface area (Å²) in [5.74, 6) is -0.0222. The fourth-order valence-electron chi connectivity index (χ4n) is 4.62. The molecular weight excluding hydrogens is 314 g/mol. The van der Waals surface area contributed by atoms with E-state index in [2.05, 4.69) is 43.0 Å². The van der Waals surface area contributed by atoms with Crippen molar-refractivity contribution < 1.29 is 9.59 Å². The lowest BCUT2D eigenvalue weighted by molar-refractivity contribution is -0.119. The number of rotatable bonds is 1. The van der Waals surface area contributed by atoms with E-state index in [1.165, 1.54) is 0 Å². The zero-order valence-corrected chi connectivity index (χ0v) is 15.3. The number of nitrogens with one attached hydrogen (secondary N) is 2. The van der Waals surface area contributed by atoms with E-state index in [0.29, 0.717) is 12.8 Å². The number of ketones is 2. The molecule has 0 unspecified atom stereocenters. The summed E-state index contributed by atoms with van der Waals surface area (Å²) in [6.07, 6.45) is 6.03. The van der Waals surface area contributed by atoms with Crippen molar-refractivity contribution in [3.05, 3.63) is 40.8 Å². The molecule has 2 aliphatic carbocycles. The maximum atomic E-state index is 13.0. The summed E-state index contributed by atoms with van der Waals surface area (Å²) in [4.78, 5) is 33.3. The highest BCUT2D eigenvalue weighted by Gasteiger charge is 2.46. The predicted octanol–water partition coefficient (Wildman–Crippen LogP) is 3.38. The molecule has 0 saturated heterocycles. The number of hydrogen-bond acceptors (Lipinski definition) is 4. The highest BCUT2D eigenvalue weighted by atomic mass is 16.1. The Balaban J connectivity index is 1.89. The summed E-state index contributed by atoms with van der Waals surface area (Å²) in [7, 11) is 0. The third-order valence-corrected chi connectivity index (χ3v) is 5.55. The van der Waals surface area contributed by atoms with Gasteiger partial charge in [-0.3, -0.25) is 9.59 Å². The first-order valence-corrected chi connectivity index (χ1v) is 8.95. The fourth-order valence-corrected chi connectivity index (χ4v) is 4.62. The van der Waals surface area contributed by atoms with Gasteiger partial charge in [0.15, 0.2) is 11.6 Å². The monoisotopic (exact) mass is 339 g/mol. The molecule has 0 radical (unpaired) electrons. The van der Waals surface area contributed by atoms with Gasteiger partial charge in [-0.25, -0.2) is 4.98 Å². The zero-order valence-electron chi connectivity index (χ0n) is 15.3. The van der Waals surface area contributed by atoms with E-state index >= 15 is 0 Å². The number of nitrogens with zero attached hydrogens (tertiary/aromatic N) is 1. The van der Waals surface area contributed by atoms with Crippen LogP contribution in [0.5, 0.6) is 0 Å². The van der Waals surface area contributed by atoms with Crippen LogP contribution in [0.2, 0.25) is 0 Å². The van der Waals surface area contributed by atoms with Crippen molar-refractivity contribution in [1.82, 2.24) is 15.3 Å². The Bertz CT molecular complexity index is 773. The molecule has 0 aromatic carbocycles. The van der Waals surface area contributed by atoms with Crippen LogP contribution in [0.4, 0.5) is 0 Å². The van der Waals surface area contributed by atoms with E-state index < -0.39 is 0 Å². The number of allylic oxidation sites excluding steroid dienone is 4. The number of carbonyl (C=O) groups is 2. The first kappa shape index (κ1) is 16.3. The Morgan fingerprint density at radius 1 is 0.920 bits per heavy atom. The van der Waals surface area contributed by atoms with Crippen molar-refractivity contribution in [2.24, 2.45) is 10.8 Å². The van der Waals surface area contributed by atoms with Gasteiger partial charge in [-0.2, -0.15) is 0 Å². The molecule has 132 valence electrons. The molecule has 0 fully saturated rings. The van der Waals surface area contributed by atoms with Gasteiger partial charge in [-0.05, 0) is 23.7 Å². The van der Waals surface area contributed by atoms with Gasteiger partial charge in [0.25, 0.3) is 0 Å². The van der Waals surface area contributed by atoms with Gasteiger partial charge in [0.05, 0.1) is 12.2 Å². The molecule has 25 heavy (non-hydrogen) atoms. The summed E-state index contributed by atoms with van der Waals surface area (Å²) in [5, 5.41) is 3.50. The van der Waals surface area contributed by atoms with Crippen LogP contribution in [0.3, 0.4) is 0 Å². The zero-order chi connectivity index (χ0) is 18.0. The van der Waals surface area contributed by atoms with Crippen LogP contribution in [0.15, 0.2) is 35.1 Å². The van der Waals surface area contributed by atoms with Gasteiger partial charge in [-0.1, -0.05) is 27.7 Å². The number of H-pyrrole nitrogens is 1. The standard InChI is InChI=1S/C20H25N3O2/c1-19(2)5-11-16(14(24)7-19)18(13-9-21-10-22-13)17-12(23-11)6-20(3,4)8-15(17)25/h9-10,18,23H,5-8H2,1-4H3,(H,21,22). The lowest BCUT2D eigenvalue weighted by atomic mass is 9.65. The molecular formula is C20H25N3O2. The number of carbonyl (C=O) groups excluding carboxylic acids is 2. The van der Waals surface area contributed by atoms with Gasteiger partial charge < -0.3 is 10.3 Å². The highest BCUT2D eigenvalue weighted by Crippen LogP contribution is 2.50. The molecule has 1 aromatic rings. The minimum Gasteiger partial charge on any atom is -0.362 e. The van der Waals surface area contributed by atoms with Crippen molar-refractivity contribution in [2.75, 3.05) is 0 Å². The molecule has 0 amide bonds. The SMILES string of the molecule is CC1(C)CC(=O)C2=C(C1)NC1=C(C(=O)CC(C)(C)C1)C2c1cnc[nH]1. The van der Waals surface area contributed by atoms with Gasteiger partial charge in [-0.15, -0.1) is 0 Å². The van der Waals surface area contributed by atoms with E-state index in [1.54, 1.807) is 12.5 Å². The van der Waals surface area contributed by atoms with Crippen molar-refractivity contribution in [1.29, 1.82) is 0 Å². The van der Waals surface area contributed by atoms with Gasteiger partial charge >= 0.3 is 0 Å². The number of aromatic amines is 1. The second-order valence-electron chi connectivity index (χ2n) is 9.23. The Kier molecular flexibility index (Phi) is 3.37. The van der Waals surface area contributed by atoms with Gasteiger partial charge in [0.2, 0.25) is 0 Å². The quantitative estimate of drug-likeness (QED) is 0.822. The average Bonchev–Trinajstić information content (AvgIpc) is 2.95. The number of Topliss-reactive ketones (excluding diaryl/α,β-unsaturated/α-hetero) is 2. The fraction of sp³-hybridized carbons (Fsp3) is 0.550. The Labute approximate surface area is 148 Å². The summed E-state index contributed by atoms with van der Waals surface area (Å²) < 4.78 is 0. The van der Waals surface area contributed by atoms with Crippen LogP contribution >= 0.6 is 0 Å². The van der Waals surface area contributed by atoms with E-state index in [0.717, 1.165) is 41.1 Å². The largest absolute Gasteiger partial charge is 0.362 e. The second-order valence-corrected chi connectivity index (χ2v) is 9.23. The van der Waals surface area contributed by atoms with Crippen molar-refractivity contribution >= 4 is 11.6 Å². The molecule has 0 atom stereocenters. The maximum Gasteiger partial charge on any atom is 0.162 e. The van der Waals surface area contributed by atoms with Crippen LogP contribution in [0.25, 0.3) is 0 Å². The maximum absolute atomic E-state index is 13.0. The highest BCUT2D eigenvalue weighted by molar-refractivity contribution is 6.06. The molecule has 1 aromatic heterocycles. The predicted molar refractivity (Wildman–Crippen MR) is 94.6 cm³/mol. The third kappa shape index (κ3) is 2.66. The number of aromatic nitrogens is 2. The molecule has 1 aliphatic heterocycles. The van der Waals surface area contributed by atoms with E-state index in [1.807, 2.05) is 0 Å². The van der Waals surface area contributed by atoms with Crippen LogP contribution in [-0.2, 0) is 9.59 Å². The Hall–Kier alpha value is -2.17. The lowest BCUT2D eigenvalue weighted by Crippen LogP contribution is -2.42. The van der Waals surface area contributed by atoms with E-state index in [-0.39, 0.29) is 28.3 Å². The first-order chi connectivity index (χ1) is 11.7. The van der Waals surface area contributed by atoms with Gasteiger partial charge in [0.1, 0.15) is 0 Å². The average molecular weight is 339 g/mol. The summed E-state index contributed by atoms with van der Waals surface area (Å²) in [6, 6.07) is 0. The minimum absolute atomic E-state index is 0.0618. The summed E-state index contributed by atoms with van der Waals surface area (Å²) >= 11 is 0. The molecule has 2 N–H and O–H groups in total. The van der Waals surface area contributed by atoms with Crippen LogP contribution in [0.1, 0.15) is 65.0 Å². The van der Waals surface area contributed by atoms with E-state index in [9.17, 15) is 9.59 Å². The Morgan fingerprint density at radius 2 is 1.44 bits per heavy atom. The second kappa shape index (κ2) is 5.16.